The Morgan fingerprint density at radius 3 is 2.33 bits per heavy atom. The fourth-order valence-electron chi connectivity index (χ4n) is 2.62. The number of alkyl carbamates (subject to hydrolysis) is 1. The van der Waals surface area contributed by atoms with E-state index in [0.717, 1.165) is 0 Å². The number of carbonyl (C=O) groups excluding carboxylic acids is 4. The average molecular weight is 450 g/mol. The highest BCUT2D eigenvalue weighted by atomic mass is 32.2. The number of amides is 1. The first-order valence-corrected chi connectivity index (χ1v) is 10.6. The monoisotopic (exact) mass is 449 g/mol. The first-order valence-electron chi connectivity index (χ1n) is 9.56. The van der Waals surface area contributed by atoms with E-state index < -0.39 is 47.9 Å². The van der Waals surface area contributed by atoms with E-state index in [2.05, 4.69) is 5.32 Å². The topological polar surface area (TPSA) is 126 Å². The van der Waals surface area contributed by atoms with Crippen molar-refractivity contribution >= 4 is 35.8 Å². The quantitative estimate of drug-likeness (QED) is 0.433. The van der Waals surface area contributed by atoms with Gasteiger partial charge >= 0.3 is 24.0 Å². The van der Waals surface area contributed by atoms with E-state index in [1.165, 1.54) is 32.7 Å². The molecule has 1 N–H and O–H groups in total. The summed E-state index contributed by atoms with van der Waals surface area (Å²) < 4.78 is 26.1. The Balaban J connectivity index is 2.69. The molecule has 30 heavy (non-hydrogen) atoms. The van der Waals surface area contributed by atoms with Crippen molar-refractivity contribution in [3.63, 3.8) is 0 Å². The number of carbonyl (C=O) groups is 4. The molecule has 0 radical (unpaired) electrons. The lowest BCUT2D eigenvalue weighted by Crippen LogP contribution is -2.47. The predicted octanol–water partition coefficient (Wildman–Crippen LogP) is 1.79. The van der Waals surface area contributed by atoms with Gasteiger partial charge in [0.15, 0.2) is 0 Å². The molecular formula is C19H31NO9S. The molecule has 0 aliphatic carbocycles. The molecule has 1 fully saturated rings. The van der Waals surface area contributed by atoms with Crippen LogP contribution in [-0.2, 0) is 38.1 Å². The van der Waals surface area contributed by atoms with Crippen LogP contribution >= 0.6 is 11.8 Å². The second-order valence-electron chi connectivity index (χ2n) is 7.69. The van der Waals surface area contributed by atoms with Crippen molar-refractivity contribution < 1.29 is 42.9 Å². The highest BCUT2D eigenvalue weighted by Crippen LogP contribution is 2.30. The van der Waals surface area contributed by atoms with Crippen molar-refractivity contribution in [3.8, 4) is 0 Å². The number of nitrogens with one attached hydrogen (secondary N) is 1. The second kappa shape index (κ2) is 12.0. The minimum atomic E-state index is -0.934. The zero-order chi connectivity index (χ0) is 22.9. The summed E-state index contributed by atoms with van der Waals surface area (Å²) in [5.41, 5.74) is -1.06. The van der Waals surface area contributed by atoms with Crippen molar-refractivity contribution in [2.75, 3.05) is 19.5 Å². The van der Waals surface area contributed by atoms with Gasteiger partial charge in [-0.3, -0.25) is 9.59 Å². The van der Waals surface area contributed by atoms with Crippen LogP contribution in [-0.4, -0.2) is 72.8 Å². The number of methoxy groups -OCH3 is 1. The molecular weight excluding hydrogens is 418 g/mol. The number of esters is 3. The largest absolute Gasteiger partial charge is 0.467 e. The molecule has 0 aromatic rings. The van der Waals surface area contributed by atoms with Gasteiger partial charge < -0.3 is 29.0 Å². The molecule has 0 aromatic heterocycles. The molecule has 4 atom stereocenters. The first kappa shape index (κ1) is 26.0. The maximum Gasteiger partial charge on any atom is 0.408 e. The molecule has 1 heterocycles. The number of rotatable bonds is 8. The third-order valence-corrected chi connectivity index (χ3v) is 5.07. The molecule has 1 amide bonds. The lowest BCUT2D eigenvalue weighted by Gasteiger charge is -2.35. The zero-order valence-electron chi connectivity index (χ0n) is 18.2. The predicted molar refractivity (Wildman–Crippen MR) is 108 cm³/mol. The summed E-state index contributed by atoms with van der Waals surface area (Å²) in [5, 5.41) is 2.50. The Labute approximate surface area is 180 Å². The maximum absolute atomic E-state index is 12.0. The highest BCUT2D eigenvalue weighted by molar-refractivity contribution is 7.99. The summed E-state index contributed by atoms with van der Waals surface area (Å²) in [5.74, 6) is -1.36. The van der Waals surface area contributed by atoms with Crippen LogP contribution in [0, 0.1) is 0 Å². The molecule has 0 spiro atoms. The van der Waals surface area contributed by atoms with Gasteiger partial charge in [-0.05, 0) is 33.6 Å². The van der Waals surface area contributed by atoms with Crippen LogP contribution in [0.5, 0.6) is 0 Å². The molecule has 1 rings (SSSR count). The van der Waals surface area contributed by atoms with Crippen LogP contribution in [0.15, 0.2) is 0 Å². The van der Waals surface area contributed by atoms with Crippen LogP contribution in [0.25, 0.3) is 0 Å². The third kappa shape index (κ3) is 10.1. The van der Waals surface area contributed by atoms with Gasteiger partial charge in [-0.2, -0.15) is 0 Å². The summed E-state index contributed by atoms with van der Waals surface area (Å²) in [4.78, 5) is 46.5. The Hall–Kier alpha value is -2.01. The minimum Gasteiger partial charge on any atom is -0.467 e. The van der Waals surface area contributed by atoms with Gasteiger partial charge in [0.1, 0.15) is 35.9 Å². The van der Waals surface area contributed by atoms with Gasteiger partial charge in [-0.25, -0.2) is 9.59 Å². The Bertz CT molecular complexity index is 620. The van der Waals surface area contributed by atoms with E-state index in [1.54, 1.807) is 20.8 Å². The molecule has 0 bridgehead atoms. The molecule has 10 nitrogen and oxygen atoms in total. The normalized spacial score (nSPS) is 22.4. The summed E-state index contributed by atoms with van der Waals surface area (Å²) in [6, 6.07) is -0.934. The van der Waals surface area contributed by atoms with E-state index in [1.807, 2.05) is 0 Å². The molecule has 1 aliphatic heterocycles. The third-order valence-electron chi connectivity index (χ3n) is 3.82. The van der Waals surface area contributed by atoms with Crippen molar-refractivity contribution in [2.45, 2.75) is 76.7 Å². The molecule has 1 aliphatic rings. The van der Waals surface area contributed by atoms with Crippen LogP contribution < -0.4 is 5.32 Å². The maximum atomic E-state index is 12.0. The smallest absolute Gasteiger partial charge is 0.408 e. The molecule has 2 unspecified atom stereocenters. The molecule has 0 aromatic carbocycles. The van der Waals surface area contributed by atoms with Gasteiger partial charge in [-0.15, -0.1) is 11.8 Å². The molecule has 0 saturated carbocycles. The van der Waals surface area contributed by atoms with E-state index in [-0.39, 0.29) is 17.8 Å². The fourth-order valence-corrected chi connectivity index (χ4v) is 3.77. The number of hydrogen-bond donors (Lipinski definition) is 1. The van der Waals surface area contributed by atoms with Gasteiger partial charge in [0.25, 0.3) is 0 Å². The molecule has 1 saturated heterocycles. The number of ether oxygens (including phenoxy) is 5. The highest BCUT2D eigenvalue weighted by Gasteiger charge is 2.35. The van der Waals surface area contributed by atoms with Crippen LogP contribution in [0.3, 0.4) is 0 Å². The Kier molecular flexibility index (Phi) is 10.4. The van der Waals surface area contributed by atoms with Crippen LogP contribution in [0.4, 0.5) is 4.79 Å². The summed E-state index contributed by atoms with van der Waals surface area (Å²) in [6.07, 6.45) is -0.842. The lowest BCUT2D eigenvalue weighted by molar-refractivity contribution is -0.172. The zero-order valence-corrected chi connectivity index (χ0v) is 19.0. The van der Waals surface area contributed by atoms with Crippen molar-refractivity contribution in [1.82, 2.24) is 5.32 Å². The van der Waals surface area contributed by atoms with Gasteiger partial charge in [-0.1, -0.05) is 0 Å². The van der Waals surface area contributed by atoms with Crippen molar-refractivity contribution in [1.29, 1.82) is 0 Å². The van der Waals surface area contributed by atoms with Crippen LogP contribution in [0.2, 0.25) is 0 Å². The van der Waals surface area contributed by atoms with E-state index >= 15 is 0 Å². The second-order valence-corrected chi connectivity index (χ2v) is 8.88. The number of thioether (sulfide) groups is 1. The first-order chi connectivity index (χ1) is 13.9. The molecule has 11 heteroatoms. The average Bonchev–Trinajstić information content (AvgIpc) is 2.62. The van der Waals surface area contributed by atoms with E-state index in [9.17, 15) is 19.2 Å². The molecule has 172 valence electrons. The van der Waals surface area contributed by atoms with E-state index in [4.69, 9.17) is 23.7 Å². The van der Waals surface area contributed by atoms with Crippen molar-refractivity contribution in [3.05, 3.63) is 0 Å². The Morgan fingerprint density at radius 1 is 1.13 bits per heavy atom. The summed E-state index contributed by atoms with van der Waals surface area (Å²) in [7, 11) is 1.23. The summed E-state index contributed by atoms with van der Waals surface area (Å²) >= 11 is 1.29. The minimum absolute atomic E-state index is 0.0546. The standard InChI is InChI=1S/C19H31NO9S/c1-11(21)26-9-15-14(27-12(2)22)7-8-16(28-15)30-10-13(17(23)25-6)20-18(24)29-19(3,4)5/h13-16H,7-10H2,1-6H3,(H,20,24)/t13?,14-,15?,16-/m0/s1. The lowest BCUT2D eigenvalue weighted by atomic mass is 10.1. The summed E-state index contributed by atoms with van der Waals surface area (Å²) in [6.45, 7) is 7.67. The van der Waals surface area contributed by atoms with Crippen LogP contribution in [0.1, 0.15) is 47.5 Å². The van der Waals surface area contributed by atoms with Crippen molar-refractivity contribution in [2.24, 2.45) is 0 Å². The fraction of sp³-hybridized carbons (Fsp3) is 0.789. The van der Waals surface area contributed by atoms with Gasteiger partial charge in [0.05, 0.1) is 7.11 Å². The SMILES string of the molecule is COC(=O)C(CS[C@H]1CC[C@H](OC(C)=O)C(COC(C)=O)O1)NC(=O)OC(C)(C)C. The van der Waals surface area contributed by atoms with Gasteiger partial charge in [0, 0.05) is 19.6 Å². The number of hydrogen-bond acceptors (Lipinski definition) is 10. The van der Waals surface area contributed by atoms with E-state index in [0.29, 0.717) is 12.8 Å². The van der Waals surface area contributed by atoms with Gasteiger partial charge in [0.2, 0.25) is 0 Å². The Morgan fingerprint density at radius 2 is 1.80 bits per heavy atom.